The first-order chi connectivity index (χ1) is 11.6. The predicted molar refractivity (Wildman–Crippen MR) is 91.6 cm³/mol. The summed E-state index contributed by atoms with van der Waals surface area (Å²) < 4.78 is 5.33. The Kier molecular flexibility index (Phi) is 5.22. The van der Waals surface area contributed by atoms with E-state index in [1.807, 2.05) is 35.2 Å². The van der Waals surface area contributed by atoms with Gasteiger partial charge in [0, 0.05) is 31.3 Å². The van der Waals surface area contributed by atoms with Gasteiger partial charge in [0.25, 0.3) is 0 Å². The minimum atomic E-state index is -0.228. The van der Waals surface area contributed by atoms with E-state index in [1.165, 1.54) is 18.3 Å². The van der Waals surface area contributed by atoms with E-state index in [0.717, 1.165) is 29.1 Å². The lowest BCUT2D eigenvalue weighted by Crippen LogP contribution is -2.35. The molecule has 0 atom stereocenters. The number of amides is 1. The summed E-state index contributed by atoms with van der Waals surface area (Å²) in [6.07, 6.45) is 0.775. The van der Waals surface area contributed by atoms with Crippen LogP contribution in [0.2, 0.25) is 0 Å². The van der Waals surface area contributed by atoms with Crippen molar-refractivity contribution in [2.24, 2.45) is 0 Å². The van der Waals surface area contributed by atoms with Crippen molar-refractivity contribution in [1.29, 1.82) is 0 Å². The minimum absolute atomic E-state index is 0.123. The SMILES string of the molecule is CC(=O)Nc1nc2c(s1)CN(CC(=O)OCc1ccccc1)CC2. The topological polar surface area (TPSA) is 71.5 Å². The quantitative estimate of drug-likeness (QED) is 0.841. The molecule has 1 aromatic carbocycles. The molecule has 0 saturated heterocycles. The highest BCUT2D eigenvalue weighted by Crippen LogP contribution is 2.28. The first kappa shape index (κ1) is 16.6. The highest BCUT2D eigenvalue weighted by Gasteiger charge is 2.23. The van der Waals surface area contributed by atoms with Crippen molar-refractivity contribution in [3.8, 4) is 0 Å². The van der Waals surface area contributed by atoms with Crippen LogP contribution < -0.4 is 5.32 Å². The van der Waals surface area contributed by atoms with E-state index in [1.54, 1.807) is 0 Å². The van der Waals surface area contributed by atoms with Crippen molar-refractivity contribution < 1.29 is 14.3 Å². The molecule has 7 heteroatoms. The summed E-state index contributed by atoms with van der Waals surface area (Å²) in [5, 5.41) is 3.34. The molecule has 0 radical (unpaired) electrons. The molecule has 2 aromatic rings. The number of carbonyl (C=O) groups is 2. The zero-order chi connectivity index (χ0) is 16.9. The second kappa shape index (κ2) is 7.55. The summed E-state index contributed by atoms with van der Waals surface area (Å²) in [4.78, 5) is 30.7. The van der Waals surface area contributed by atoms with Gasteiger partial charge in [-0.25, -0.2) is 4.98 Å². The molecule has 1 amide bonds. The summed E-state index contributed by atoms with van der Waals surface area (Å²) in [7, 11) is 0. The van der Waals surface area contributed by atoms with Gasteiger partial charge in [0.1, 0.15) is 6.61 Å². The summed E-state index contributed by atoms with van der Waals surface area (Å²) in [5.41, 5.74) is 1.99. The van der Waals surface area contributed by atoms with E-state index >= 15 is 0 Å². The summed E-state index contributed by atoms with van der Waals surface area (Å²) >= 11 is 1.47. The van der Waals surface area contributed by atoms with E-state index in [-0.39, 0.29) is 18.4 Å². The second-order valence-electron chi connectivity index (χ2n) is 5.68. The van der Waals surface area contributed by atoms with Crippen molar-refractivity contribution >= 4 is 28.3 Å². The van der Waals surface area contributed by atoms with Crippen LogP contribution in [0.3, 0.4) is 0 Å². The van der Waals surface area contributed by atoms with Crippen molar-refractivity contribution in [2.45, 2.75) is 26.5 Å². The Labute approximate surface area is 144 Å². The molecule has 126 valence electrons. The third-order valence-corrected chi connectivity index (χ3v) is 4.69. The molecule has 0 fully saturated rings. The Bertz CT molecular complexity index is 730. The minimum Gasteiger partial charge on any atom is -0.460 e. The molecule has 1 aliphatic heterocycles. The maximum atomic E-state index is 12.0. The van der Waals surface area contributed by atoms with E-state index < -0.39 is 0 Å². The average molecular weight is 345 g/mol. The Hall–Kier alpha value is -2.25. The van der Waals surface area contributed by atoms with E-state index in [2.05, 4.69) is 10.3 Å². The summed E-state index contributed by atoms with van der Waals surface area (Å²) in [5.74, 6) is -0.351. The molecule has 0 bridgehead atoms. The lowest BCUT2D eigenvalue weighted by atomic mass is 10.2. The number of fused-ring (bicyclic) bond motifs is 1. The van der Waals surface area contributed by atoms with Crippen LogP contribution in [0.15, 0.2) is 30.3 Å². The van der Waals surface area contributed by atoms with Crippen molar-refractivity contribution in [3.63, 3.8) is 0 Å². The molecule has 1 aliphatic rings. The molecule has 0 spiro atoms. The molecule has 3 rings (SSSR count). The van der Waals surface area contributed by atoms with Gasteiger partial charge >= 0.3 is 5.97 Å². The van der Waals surface area contributed by atoms with E-state index in [4.69, 9.17) is 4.74 Å². The molecular formula is C17H19N3O3S. The molecule has 0 saturated carbocycles. The van der Waals surface area contributed by atoms with Crippen LogP contribution in [0.25, 0.3) is 0 Å². The molecular weight excluding hydrogens is 326 g/mol. The molecule has 6 nitrogen and oxygen atoms in total. The zero-order valence-electron chi connectivity index (χ0n) is 13.4. The fraction of sp³-hybridized carbons (Fsp3) is 0.353. The Morgan fingerprint density at radius 2 is 2.12 bits per heavy atom. The van der Waals surface area contributed by atoms with Gasteiger partial charge in [0.15, 0.2) is 5.13 Å². The van der Waals surface area contributed by atoms with Gasteiger partial charge in [-0.3, -0.25) is 14.5 Å². The van der Waals surface area contributed by atoms with Crippen LogP contribution in [0.1, 0.15) is 23.1 Å². The number of hydrogen-bond donors (Lipinski definition) is 1. The van der Waals surface area contributed by atoms with Crippen LogP contribution in [-0.4, -0.2) is 34.8 Å². The largest absolute Gasteiger partial charge is 0.460 e. The average Bonchev–Trinajstić information content (AvgIpc) is 2.94. The van der Waals surface area contributed by atoms with Gasteiger partial charge in [0.2, 0.25) is 5.91 Å². The molecule has 24 heavy (non-hydrogen) atoms. The number of aromatic nitrogens is 1. The normalized spacial score (nSPS) is 14.0. The predicted octanol–water partition coefficient (Wildman–Crippen LogP) is 2.20. The number of nitrogens with one attached hydrogen (secondary N) is 1. The van der Waals surface area contributed by atoms with Crippen LogP contribution in [0.5, 0.6) is 0 Å². The van der Waals surface area contributed by atoms with Crippen LogP contribution in [0, 0.1) is 0 Å². The number of thiazole rings is 1. The van der Waals surface area contributed by atoms with Gasteiger partial charge in [-0.15, -0.1) is 11.3 Å². The van der Waals surface area contributed by atoms with Gasteiger partial charge in [-0.1, -0.05) is 30.3 Å². The van der Waals surface area contributed by atoms with Crippen LogP contribution in [-0.2, 0) is 33.9 Å². The van der Waals surface area contributed by atoms with Crippen molar-refractivity contribution in [3.05, 3.63) is 46.5 Å². The summed E-state index contributed by atoms with van der Waals surface area (Å²) in [6, 6.07) is 9.64. The maximum absolute atomic E-state index is 12.0. The van der Waals surface area contributed by atoms with Crippen molar-refractivity contribution in [1.82, 2.24) is 9.88 Å². The van der Waals surface area contributed by atoms with Gasteiger partial charge in [-0.2, -0.15) is 0 Å². The van der Waals surface area contributed by atoms with E-state index in [9.17, 15) is 9.59 Å². The zero-order valence-corrected chi connectivity index (χ0v) is 14.3. The smallest absolute Gasteiger partial charge is 0.320 e. The highest BCUT2D eigenvalue weighted by atomic mass is 32.1. The van der Waals surface area contributed by atoms with Gasteiger partial charge in [0.05, 0.1) is 12.2 Å². The number of nitrogens with zero attached hydrogens (tertiary/aromatic N) is 2. The standard InChI is InChI=1S/C17H19N3O3S/c1-12(21)18-17-19-14-7-8-20(9-15(14)24-17)10-16(22)23-11-13-5-3-2-4-6-13/h2-6H,7-11H2,1H3,(H,18,19,21). The van der Waals surface area contributed by atoms with Crippen LogP contribution >= 0.6 is 11.3 Å². The first-order valence-corrected chi connectivity index (χ1v) is 8.60. The Morgan fingerprint density at radius 3 is 2.88 bits per heavy atom. The molecule has 0 unspecified atom stereocenters. The van der Waals surface area contributed by atoms with Crippen LogP contribution in [0.4, 0.5) is 5.13 Å². The summed E-state index contributed by atoms with van der Waals surface area (Å²) in [6.45, 7) is 3.45. The molecule has 0 aliphatic carbocycles. The highest BCUT2D eigenvalue weighted by molar-refractivity contribution is 7.15. The number of ether oxygens (including phenoxy) is 1. The number of esters is 1. The third kappa shape index (κ3) is 4.39. The number of hydrogen-bond acceptors (Lipinski definition) is 6. The Morgan fingerprint density at radius 1 is 1.33 bits per heavy atom. The molecule has 2 heterocycles. The number of carbonyl (C=O) groups excluding carboxylic acids is 2. The fourth-order valence-corrected chi connectivity index (χ4v) is 3.65. The second-order valence-corrected chi connectivity index (χ2v) is 6.76. The first-order valence-electron chi connectivity index (χ1n) is 7.78. The lowest BCUT2D eigenvalue weighted by molar-refractivity contribution is -0.146. The van der Waals surface area contributed by atoms with Gasteiger partial charge < -0.3 is 10.1 Å². The fourth-order valence-electron chi connectivity index (χ4n) is 2.55. The van der Waals surface area contributed by atoms with Gasteiger partial charge in [-0.05, 0) is 5.56 Å². The van der Waals surface area contributed by atoms with E-state index in [0.29, 0.717) is 18.3 Å². The van der Waals surface area contributed by atoms with Crippen molar-refractivity contribution in [2.75, 3.05) is 18.4 Å². The maximum Gasteiger partial charge on any atom is 0.320 e. The molecule has 1 N–H and O–H groups in total. The lowest BCUT2D eigenvalue weighted by Gasteiger charge is -2.24. The Balaban J connectivity index is 1.51. The third-order valence-electron chi connectivity index (χ3n) is 3.69. The molecule has 1 aromatic heterocycles. The number of rotatable bonds is 5. The number of anilines is 1. The monoisotopic (exact) mass is 345 g/mol. The number of benzene rings is 1.